The smallest absolute Gasteiger partial charge is 0.454 e. The molecule has 32 heavy (non-hydrogen) atoms. The Labute approximate surface area is 226 Å². The average Bonchev–Trinajstić information content (AvgIpc) is 2.67. The van der Waals surface area contributed by atoms with Gasteiger partial charge in [0.2, 0.25) is 0 Å². The Morgan fingerprint density at radius 3 is 2.06 bits per heavy atom. The minimum atomic E-state index is -4.63. The largest absolute Gasteiger partial charge is 1.00 e. The van der Waals surface area contributed by atoms with Crippen LogP contribution in [0.5, 0.6) is 11.5 Å². The number of amides is 2. The summed E-state index contributed by atoms with van der Waals surface area (Å²) in [5.41, 5.74) is 0.504. The molecule has 0 atom stereocenters. The van der Waals surface area contributed by atoms with Crippen LogP contribution in [0.3, 0.4) is 0 Å². The van der Waals surface area contributed by atoms with E-state index in [4.69, 9.17) is 51.1 Å². The van der Waals surface area contributed by atoms with Gasteiger partial charge in [0.25, 0.3) is 10.1 Å². The van der Waals surface area contributed by atoms with E-state index in [0.29, 0.717) is 10.7 Å². The quantitative estimate of drug-likeness (QED) is 0.333. The van der Waals surface area contributed by atoms with Crippen molar-refractivity contribution in [1.82, 2.24) is 0 Å². The number of urea groups is 1. The monoisotopic (exact) mass is 543 g/mol. The van der Waals surface area contributed by atoms with Crippen molar-refractivity contribution in [2.45, 2.75) is 4.90 Å². The van der Waals surface area contributed by atoms with Gasteiger partial charge >= 0.3 is 35.6 Å². The van der Waals surface area contributed by atoms with E-state index in [1.54, 1.807) is 6.07 Å². The van der Waals surface area contributed by atoms with Gasteiger partial charge < -0.3 is 15.4 Å². The summed E-state index contributed by atoms with van der Waals surface area (Å²) in [6, 6.07) is 11.8. The SMILES string of the molecule is O=C(Nc1ccc(Cl)c(Cl)c1)Nc1cc(Cl)ccc1Oc1ccc(Cl)cc1S(=O)(=O)O.[Na+]. The molecule has 0 aliphatic carbocycles. The maximum Gasteiger partial charge on any atom is 1.00 e. The zero-order chi connectivity index (χ0) is 22.8. The first kappa shape index (κ1) is 27.0. The molecule has 7 nitrogen and oxygen atoms in total. The van der Waals surface area contributed by atoms with Gasteiger partial charge in [0.05, 0.1) is 15.7 Å². The molecule has 13 heteroatoms. The van der Waals surface area contributed by atoms with Gasteiger partial charge in [-0.1, -0.05) is 46.4 Å². The molecule has 0 aliphatic rings. The van der Waals surface area contributed by atoms with E-state index in [0.717, 1.165) is 6.07 Å². The standard InChI is InChI=1S/C19H12Cl4N2O5S.Na/c20-10-1-5-16(30-17-6-2-11(21)8-18(17)31(27,28)29)15(7-10)25-19(26)24-12-3-4-13(22)14(23)9-12;/h1-9H,(H2,24,25,26)(H,27,28,29);/q;+1. The van der Waals surface area contributed by atoms with Crippen molar-refractivity contribution in [3.8, 4) is 11.5 Å². The first-order valence-electron chi connectivity index (χ1n) is 8.30. The maximum atomic E-state index is 12.4. The third kappa shape index (κ3) is 7.15. The molecule has 0 aromatic heterocycles. The van der Waals surface area contributed by atoms with E-state index in [-0.39, 0.29) is 61.8 Å². The van der Waals surface area contributed by atoms with Gasteiger partial charge in [-0.25, -0.2) is 4.79 Å². The van der Waals surface area contributed by atoms with Crippen molar-refractivity contribution in [2.75, 3.05) is 10.6 Å². The number of nitrogens with one attached hydrogen (secondary N) is 2. The van der Waals surface area contributed by atoms with Gasteiger partial charge in [0.1, 0.15) is 10.6 Å². The minimum Gasteiger partial charge on any atom is -0.454 e. The van der Waals surface area contributed by atoms with Crippen molar-refractivity contribution < 1.29 is 52.1 Å². The number of ether oxygens (including phenoxy) is 1. The fourth-order valence-corrected chi connectivity index (χ4v) is 3.78. The van der Waals surface area contributed by atoms with Gasteiger partial charge in [-0.05, 0) is 54.6 Å². The number of halogens is 4. The molecule has 0 radical (unpaired) electrons. The van der Waals surface area contributed by atoms with Crippen molar-refractivity contribution in [2.24, 2.45) is 0 Å². The molecular formula is C19H12Cl4N2NaO5S+. The molecule has 3 aromatic rings. The third-order valence-electron chi connectivity index (χ3n) is 3.77. The molecular weight excluding hydrogens is 533 g/mol. The van der Waals surface area contributed by atoms with E-state index in [2.05, 4.69) is 10.6 Å². The van der Waals surface area contributed by atoms with Gasteiger partial charge in [-0.15, -0.1) is 0 Å². The van der Waals surface area contributed by atoms with Gasteiger partial charge in [0.15, 0.2) is 5.75 Å². The van der Waals surface area contributed by atoms with Crippen LogP contribution < -0.4 is 44.9 Å². The zero-order valence-corrected chi connectivity index (χ0v) is 22.0. The molecule has 0 aliphatic heterocycles. The molecule has 162 valence electrons. The Morgan fingerprint density at radius 1 is 0.812 bits per heavy atom. The number of hydrogen-bond acceptors (Lipinski definition) is 4. The van der Waals surface area contributed by atoms with Crippen LogP contribution in [0.1, 0.15) is 0 Å². The Balaban J connectivity index is 0.00000363. The van der Waals surface area contributed by atoms with Gasteiger partial charge in [-0.2, -0.15) is 8.42 Å². The number of anilines is 2. The number of carbonyl (C=O) groups is 1. The molecule has 2 amide bonds. The third-order valence-corrected chi connectivity index (χ3v) is 5.85. The van der Waals surface area contributed by atoms with Crippen LogP contribution in [0.2, 0.25) is 20.1 Å². The summed E-state index contributed by atoms with van der Waals surface area (Å²) in [5.74, 6) is -0.150. The van der Waals surface area contributed by atoms with Crippen molar-refractivity contribution in [3.63, 3.8) is 0 Å². The van der Waals surface area contributed by atoms with E-state index in [9.17, 15) is 17.8 Å². The van der Waals surface area contributed by atoms with Gasteiger partial charge in [-0.3, -0.25) is 4.55 Å². The summed E-state index contributed by atoms with van der Waals surface area (Å²) in [4.78, 5) is 11.9. The van der Waals surface area contributed by atoms with E-state index in [1.807, 2.05) is 0 Å². The molecule has 0 unspecified atom stereocenters. The van der Waals surface area contributed by atoms with Crippen LogP contribution >= 0.6 is 46.4 Å². The molecule has 0 spiro atoms. The summed E-state index contributed by atoms with van der Waals surface area (Å²) < 4.78 is 38.4. The number of hydrogen-bond donors (Lipinski definition) is 3. The molecule has 0 heterocycles. The van der Waals surface area contributed by atoms with Crippen LogP contribution in [-0.4, -0.2) is 19.0 Å². The second kappa shape index (κ2) is 11.3. The molecule has 3 aromatic carbocycles. The maximum absolute atomic E-state index is 12.4. The summed E-state index contributed by atoms with van der Waals surface area (Å²) >= 11 is 23.6. The van der Waals surface area contributed by atoms with Crippen LogP contribution in [0.25, 0.3) is 0 Å². The first-order valence-corrected chi connectivity index (χ1v) is 11.3. The average molecular weight is 545 g/mol. The Morgan fingerprint density at radius 2 is 1.44 bits per heavy atom. The fraction of sp³-hybridized carbons (Fsp3) is 0. The second-order valence-electron chi connectivity index (χ2n) is 6.02. The Hall–Kier alpha value is -1.20. The van der Waals surface area contributed by atoms with E-state index < -0.39 is 21.0 Å². The fourth-order valence-electron chi connectivity index (χ4n) is 2.43. The van der Waals surface area contributed by atoms with Crippen LogP contribution in [0.4, 0.5) is 16.2 Å². The predicted octanol–water partition coefficient (Wildman–Crippen LogP) is 3.99. The Bertz CT molecular complexity index is 1270. The normalized spacial score (nSPS) is 10.8. The van der Waals surface area contributed by atoms with Crippen molar-refractivity contribution >= 4 is 73.9 Å². The number of benzene rings is 3. The first-order chi connectivity index (χ1) is 14.5. The van der Waals surface area contributed by atoms with Crippen molar-refractivity contribution in [3.05, 3.63) is 74.7 Å². The summed E-state index contributed by atoms with van der Waals surface area (Å²) in [6.45, 7) is 0. The number of carbonyl (C=O) groups excluding carboxylic acids is 1. The molecule has 3 rings (SSSR count). The minimum absolute atomic E-state index is 0. The molecule has 3 N–H and O–H groups in total. The van der Waals surface area contributed by atoms with Crippen LogP contribution in [0.15, 0.2) is 59.5 Å². The molecule has 0 saturated carbocycles. The van der Waals surface area contributed by atoms with Crippen molar-refractivity contribution in [1.29, 1.82) is 0 Å². The summed E-state index contributed by atoms with van der Waals surface area (Å²) in [6.07, 6.45) is 0. The number of rotatable bonds is 5. The predicted molar refractivity (Wildman–Crippen MR) is 122 cm³/mol. The van der Waals surface area contributed by atoms with Gasteiger partial charge in [0, 0.05) is 15.7 Å². The summed E-state index contributed by atoms with van der Waals surface area (Å²) in [7, 11) is -4.63. The topological polar surface area (TPSA) is 105 Å². The zero-order valence-electron chi connectivity index (χ0n) is 16.2. The van der Waals surface area contributed by atoms with Crippen LogP contribution in [0, 0.1) is 0 Å². The molecule has 0 saturated heterocycles. The Kier molecular flexibility index (Phi) is 9.54. The van der Waals surface area contributed by atoms with E-state index >= 15 is 0 Å². The summed E-state index contributed by atoms with van der Waals surface area (Å²) in [5, 5.41) is 6.06. The van der Waals surface area contributed by atoms with Crippen LogP contribution in [-0.2, 0) is 10.1 Å². The van der Waals surface area contributed by atoms with E-state index in [1.165, 1.54) is 42.5 Å². The molecule has 0 bridgehead atoms. The molecule has 0 fully saturated rings. The second-order valence-corrected chi connectivity index (χ2v) is 9.09.